The quantitative estimate of drug-likeness (QED) is 0.855. The molecule has 0 spiro atoms. The van der Waals surface area contributed by atoms with Gasteiger partial charge < -0.3 is 0 Å². The number of halogens is 2. The second kappa shape index (κ2) is 5.80. The molecule has 1 N–H and O–H groups in total. The maximum Gasteiger partial charge on any atom is 0.264 e. The fourth-order valence-electron chi connectivity index (χ4n) is 1.41. The van der Waals surface area contributed by atoms with Gasteiger partial charge in [0.1, 0.15) is 0 Å². The Balaban J connectivity index is 2.32. The minimum absolute atomic E-state index is 0.00271. The predicted molar refractivity (Wildman–Crippen MR) is 80.1 cm³/mol. The summed E-state index contributed by atoms with van der Waals surface area (Å²) < 4.78 is 28.1. The van der Waals surface area contributed by atoms with E-state index in [1.54, 1.807) is 7.05 Å². The van der Waals surface area contributed by atoms with Gasteiger partial charge >= 0.3 is 0 Å². The summed E-state index contributed by atoms with van der Waals surface area (Å²) in [5.74, 6) is 0.00271. The van der Waals surface area contributed by atoms with Crippen molar-refractivity contribution in [1.82, 2.24) is 14.8 Å². The molecule has 0 saturated carbocycles. The molecule has 1 heterocycles. The number of rotatable bonds is 4. The van der Waals surface area contributed by atoms with Crippen molar-refractivity contribution in [1.29, 1.82) is 0 Å². The van der Waals surface area contributed by atoms with Gasteiger partial charge in [-0.3, -0.25) is 0 Å². The summed E-state index contributed by atoms with van der Waals surface area (Å²) in [5, 5.41) is 5.01. The average molecular weight is 353 g/mol. The van der Waals surface area contributed by atoms with Crippen LogP contribution in [-0.2, 0) is 17.1 Å². The highest BCUT2D eigenvalue weighted by Crippen LogP contribution is 2.25. The number of anilines is 1. The van der Waals surface area contributed by atoms with E-state index in [9.17, 15) is 8.42 Å². The van der Waals surface area contributed by atoms with Gasteiger partial charge in [0.05, 0.1) is 14.9 Å². The van der Waals surface area contributed by atoms with E-state index in [0.29, 0.717) is 5.16 Å². The monoisotopic (exact) mass is 352 g/mol. The van der Waals surface area contributed by atoms with E-state index in [0.717, 1.165) is 0 Å². The lowest BCUT2D eigenvalue weighted by molar-refractivity contribution is 0.600. The lowest BCUT2D eigenvalue weighted by atomic mass is 10.4. The maximum atomic E-state index is 12.2. The van der Waals surface area contributed by atoms with Crippen molar-refractivity contribution in [2.24, 2.45) is 7.05 Å². The van der Waals surface area contributed by atoms with Crippen LogP contribution in [0, 0.1) is 0 Å². The molecule has 0 aliphatic carbocycles. The lowest BCUT2D eigenvalue weighted by Gasteiger charge is -2.05. The van der Waals surface area contributed by atoms with Crippen molar-refractivity contribution in [3.63, 3.8) is 0 Å². The molecule has 108 valence electrons. The van der Waals surface area contributed by atoms with Crippen molar-refractivity contribution in [3.05, 3.63) is 28.2 Å². The molecule has 2 aromatic rings. The molecule has 6 nitrogen and oxygen atoms in total. The SMILES string of the molecule is CSc1nc(NS(=O)(=O)c2ccc(Cl)c(Cl)c2)nn1C. The van der Waals surface area contributed by atoms with Gasteiger partial charge in [-0.2, -0.15) is 4.98 Å². The molecule has 10 heteroatoms. The number of sulfonamides is 1. The Hall–Kier alpha value is -0.960. The minimum atomic E-state index is -3.80. The van der Waals surface area contributed by atoms with Gasteiger partial charge in [0, 0.05) is 7.05 Å². The van der Waals surface area contributed by atoms with Crippen LogP contribution in [0.5, 0.6) is 0 Å². The number of benzene rings is 1. The molecular weight excluding hydrogens is 343 g/mol. The lowest BCUT2D eigenvalue weighted by Crippen LogP contribution is -2.14. The zero-order chi connectivity index (χ0) is 14.9. The standard InChI is InChI=1S/C10H10Cl2N4O2S2/c1-16-10(19-2)13-9(14-16)15-20(17,18)6-3-4-7(11)8(12)5-6/h3-5H,1-2H3,(H,14,15). The third kappa shape index (κ3) is 3.20. The zero-order valence-electron chi connectivity index (χ0n) is 10.5. The molecule has 0 aliphatic rings. The molecule has 0 bridgehead atoms. The predicted octanol–water partition coefficient (Wildman–Crippen LogP) is 2.64. The van der Waals surface area contributed by atoms with Crippen LogP contribution in [0.3, 0.4) is 0 Å². The van der Waals surface area contributed by atoms with Crippen LogP contribution in [0.1, 0.15) is 0 Å². The highest BCUT2D eigenvalue weighted by Gasteiger charge is 2.18. The molecule has 1 aromatic carbocycles. The third-order valence-corrected chi connectivity index (χ3v) is 5.12. The van der Waals surface area contributed by atoms with Gasteiger partial charge in [0.2, 0.25) is 0 Å². The van der Waals surface area contributed by atoms with E-state index in [-0.39, 0.29) is 20.9 Å². The molecular formula is C10H10Cl2N4O2S2. The number of hydrogen-bond donors (Lipinski definition) is 1. The summed E-state index contributed by atoms with van der Waals surface area (Å²) in [6.45, 7) is 0. The van der Waals surface area contributed by atoms with Crippen molar-refractivity contribution in [2.45, 2.75) is 10.1 Å². The van der Waals surface area contributed by atoms with E-state index in [4.69, 9.17) is 23.2 Å². The third-order valence-electron chi connectivity index (χ3n) is 2.33. The molecule has 1 aromatic heterocycles. The number of thioether (sulfide) groups is 1. The first kappa shape index (κ1) is 15.4. The van der Waals surface area contributed by atoms with Gasteiger partial charge in [0.15, 0.2) is 5.16 Å². The molecule has 0 aliphatic heterocycles. The maximum absolute atomic E-state index is 12.2. The van der Waals surface area contributed by atoms with Crippen LogP contribution in [0.4, 0.5) is 5.95 Å². The van der Waals surface area contributed by atoms with E-state index in [2.05, 4.69) is 14.8 Å². The van der Waals surface area contributed by atoms with Crippen LogP contribution in [-0.4, -0.2) is 29.4 Å². The summed E-state index contributed by atoms with van der Waals surface area (Å²) in [6.07, 6.45) is 1.82. The Bertz CT molecular complexity index is 746. The van der Waals surface area contributed by atoms with Gasteiger partial charge in [-0.1, -0.05) is 35.0 Å². The minimum Gasteiger partial charge on any atom is -0.246 e. The van der Waals surface area contributed by atoms with Gasteiger partial charge in [0.25, 0.3) is 16.0 Å². The number of aryl methyl sites for hydroxylation is 1. The fraction of sp³-hybridized carbons (Fsp3) is 0.200. The topological polar surface area (TPSA) is 76.9 Å². The molecule has 0 radical (unpaired) electrons. The number of hydrogen-bond acceptors (Lipinski definition) is 5. The number of nitrogens with zero attached hydrogens (tertiary/aromatic N) is 3. The van der Waals surface area contributed by atoms with E-state index < -0.39 is 10.0 Å². The summed E-state index contributed by atoms with van der Waals surface area (Å²) in [6, 6.07) is 4.04. The number of nitrogens with one attached hydrogen (secondary N) is 1. The van der Waals surface area contributed by atoms with Gasteiger partial charge in [-0.05, 0) is 24.5 Å². The molecule has 0 unspecified atom stereocenters. The van der Waals surface area contributed by atoms with Crippen molar-refractivity contribution < 1.29 is 8.42 Å². The van der Waals surface area contributed by atoms with E-state index in [1.807, 2.05) is 6.26 Å². The Labute approximate surface area is 130 Å². The second-order valence-electron chi connectivity index (χ2n) is 3.73. The fourth-order valence-corrected chi connectivity index (χ4v) is 3.22. The first-order valence-electron chi connectivity index (χ1n) is 5.26. The van der Waals surface area contributed by atoms with Crippen LogP contribution >= 0.6 is 35.0 Å². The Morgan fingerprint density at radius 3 is 2.55 bits per heavy atom. The van der Waals surface area contributed by atoms with Crippen LogP contribution in [0.15, 0.2) is 28.3 Å². The summed E-state index contributed by atoms with van der Waals surface area (Å²) in [4.78, 5) is 4.04. The Kier molecular flexibility index (Phi) is 4.48. The van der Waals surface area contributed by atoms with Crippen LogP contribution < -0.4 is 4.72 Å². The van der Waals surface area contributed by atoms with Crippen LogP contribution in [0.25, 0.3) is 0 Å². The zero-order valence-corrected chi connectivity index (χ0v) is 13.6. The molecule has 0 fully saturated rings. The van der Waals surface area contributed by atoms with Crippen molar-refractivity contribution >= 4 is 50.9 Å². The molecule has 0 saturated heterocycles. The highest BCUT2D eigenvalue weighted by atomic mass is 35.5. The van der Waals surface area contributed by atoms with E-state index >= 15 is 0 Å². The Morgan fingerprint density at radius 1 is 1.30 bits per heavy atom. The first-order chi connectivity index (χ1) is 9.33. The first-order valence-corrected chi connectivity index (χ1v) is 8.73. The molecule has 2 rings (SSSR count). The smallest absolute Gasteiger partial charge is 0.246 e. The Morgan fingerprint density at radius 2 is 2.00 bits per heavy atom. The average Bonchev–Trinajstić information content (AvgIpc) is 2.71. The van der Waals surface area contributed by atoms with Crippen LogP contribution in [0.2, 0.25) is 10.0 Å². The summed E-state index contributed by atoms with van der Waals surface area (Å²) in [7, 11) is -2.13. The summed E-state index contributed by atoms with van der Waals surface area (Å²) in [5.41, 5.74) is 0. The highest BCUT2D eigenvalue weighted by molar-refractivity contribution is 7.98. The summed E-state index contributed by atoms with van der Waals surface area (Å²) >= 11 is 12.9. The van der Waals surface area contributed by atoms with Gasteiger partial charge in [-0.25, -0.2) is 17.8 Å². The second-order valence-corrected chi connectivity index (χ2v) is 7.00. The molecule has 0 amide bonds. The largest absolute Gasteiger partial charge is 0.264 e. The van der Waals surface area contributed by atoms with Crippen molar-refractivity contribution in [3.8, 4) is 0 Å². The number of aromatic nitrogens is 3. The molecule has 20 heavy (non-hydrogen) atoms. The van der Waals surface area contributed by atoms with E-state index in [1.165, 1.54) is 34.6 Å². The van der Waals surface area contributed by atoms with Gasteiger partial charge in [-0.15, -0.1) is 5.10 Å². The van der Waals surface area contributed by atoms with Crippen molar-refractivity contribution in [2.75, 3.05) is 11.0 Å². The normalized spacial score (nSPS) is 11.6. The molecule has 0 atom stereocenters.